The van der Waals surface area contributed by atoms with Gasteiger partial charge in [0, 0.05) is 51.2 Å². The summed E-state index contributed by atoms with van der Waals surface area (Å²) in [5, 5.41) is 7.05. The molecule has 2 heterocycles. The van der Waals surface area contributed by atoms with Crippen LogP contribution in [0.4, 0.5) is 11.4 Å². The van der Waals surface area contributed by atoms with Crippen molar-refractivity contribution in [1.29, 1.82) is 0 Å². The van der Waals surface area contributed by atoms with Crippen LogP contribution in [0, 0.1) is 0 Å². The average Bonchev–Trinajstić information content (AvgIpc) is 3.90. The van der Waals surface area contributed by atoms with Gasteiger partial charge >= 0.3 is 0 Å². The van der Waals surface area contributed by atoms with Gasteiger partial charge in [0.1, 0.15) is 11.2 Å². The van der Waals surface area contributed by atoms with Gasteiger partial charge in [0.05, 0.1) is 11.0 Å². The minimum atomic E-state index is 0.640. The van der Waals surface area contributed by atoms with Gasteiger partial charge in [-0.3, -0.25) is 0 Å². The zero-order valence-corrected chi connectivity index (χ0v) is 33.9. The Morgan fingerprint density at radius 3 is 1.81 bits per heavy atom. The molecular formula is C59H40N2O. The van der Waals surface area contributed by atoms with Crippen molar-refractivity contribution in [3.05, 3.63) is 236 Å². The molecule has 0 amide bonds. The van der Waals surface area contributed by atoms with Gasteiger partial charge in [-0.2, -0.15) is 0 Å². The summed E-state index contributed by atoms with van der Waals surface area (Å²) in [5.74, 6) is 0. The maximum absolute atomic E-state index is 7.01. The van der Waals surface area contributed by atoms with Gasteiger partial charge in [0.2, 0.25) is 0 Å². The SMILES string of the molecule is c1ccc(-c2ccc(N(Cc3ccccc3-c3ccccc3)c3cc(-c4cccc5c4c4ccccc4n5-c4ccccc4)c4c(c3)oc3ccc5ccccc5c34)cc2)cc1. The number of rotatable bonds is 8. The number of nitrogens with zero attached hydrogens (tertiary/aromatic N) is 2. The van der Waals surface area contributed by atoms with Crippen molar-refractivity contribution in [2.45, 2.75) is 6.54 Å². The van der Waals surface area contributed by atoms with E-state index < -0.39 is 0 Å². The lowest BCUT2D eigenvalue weighted by Crippen LogP contribution is -2.17. The predicted octanol–water partition coefficient (Wildman–Crippen LogP) is 16.2. The summed E-state index contributed by atoms with van der Waals surface area (Å²) in [6.07, 6.45) is 0. The number of hydrogen-bond donors (Lipinski definition) is 0. The molecule has 10 aromatic carbocycles. The van der Waals surface area contributed by atoms with E-state index in [0.29, 0.717) is 6.54 Å². The van der Waals surface area contributed by atoms with Gasteiger partial charge in [-0.15, -0.1) is 0 Å². The first-order chi connectivity index (χ1) is 30.8. The number of benzene rings is 10. The normalized spacial score (nSPS) is 11.6. The molecule has 3 nitrogen and oxygen atoms in total. The van der Waals surface area contributed by atoms with Crippen molar-refractivity contribution in [2.75, 3.05) is 4.90 Å². The third-order valence-electron chi connectivity index (χ3n) is 12.5. The van der Waals surface area contributed by atoms with Gasteiger partial charge in [-0.05, 0) is 98.2 Å². The minimum Gasteiger partial charge on any atom is -0.456 e. The zero-order chi connectivity index (χ0) is 41.0. The topological polar surface area (TPSA) is 21.3 Å². The van der Waals surface area contributed by atoms with Crippen molar-refractivity contribution >= 4 is 65.9 Å². The Morgan fingerprint density at radius 2 is 1.00 bits per heavy atom. The van der Waals surface area contributed by atoms with Crippen LogP contribution in [0.1, 0.15) is 5.56 Å². The lowest BCUT2D eigenvalue weighted by Gasteiger charge is -2.27. The smallest absolute Gasteiger partial charge is 0.138 e. The van der Waals surface area contributed by atoms with E-state index in [-0.39, 0.29) is 0 Å². The van der Waals surface area contributed by atoms with Gasteiger partial charge in [0.15, 0.2) is 0 Å². The van der Waals surface area contributed by atoms with Gasteiger partial charge < -0.3 is 13.9 Å². The molecule has 2 aromatic heterocycles. The van der Waals surface area contributed by atoms with Crippen molar-refractivity contribution < 1.29 is 4.42 Å². The fourth-order valence-electron chi connectivity index (χ4n) is 9.64. The fourth-order valence-corrected chi connectivity index (χ4v) is 9.64. The number of hydrogen-bond acceptors (Lipinski definition) is 2. The van der Waals surface area contributed by atoms with Crippen LogP contribution in [0.3, 0.4) is 0 Å². The van der Waals surface area contributed by atoms with E-state index in [1.807, 2.05) is 0 Å². The quantitative estimate of drug-likeness (QED) is 0.153. The molecular weight excluding hydrogens is 753 g/mol. The number of aromatic nitrogens is 1. The Morgan fingerprint density at radius 1 is 0.371 bits per heavy atom. The molecule has 0 aliphatic rings. The van der Waals surface area contributed by atoms with Gasteiger partial charge in [-0.1, -0.05) is 176 Å². The first kappa shape index (κ1) is 35.8. The van der Waals surface area contributed by atoms with Crippen LogP contribution in [0.5, 0.6) is 0 Å². The molecule has 0 N–H and O–H groups in total. The molecule has 0 aliphatic heterocycles. The Kier molecular flexibility index (Phi) is 8.57. The first-order valence-corrected chi connectivity index (χ1v) is 21.3. The van der Waals surface area contributed by atoms with E-state index in [1.165, 1.54) is 60.4 Å². The van der Waals surface area contributed by atoms with E-state index in [2.05, 4.69) is 240 Å². The van der Waals surface area contributed by atoms with Crippen molar-refractivity contribution in [1.82, 2.24) is 4.57 Å². The molecule has 0 spiro atoms. The van der Waals surface area contributed by atoms with Crippen LogP contribution in [-0.4, -0.2) is 4.57 Å². The molecule has 0 radical (unpaired) electrons. The van der Waals surface area contributed by atoms with Crippen molar-refractivity contribution in [2.24, 2.45) is 0 Å². The molecule has 12 aromatic rings. The standard InChI is InChI=1S/C59H40N2O/c1-4-17-40(18-5-1)41-31-34-45(35-32-41)60(39-44-22-11-12-25-48(44)42-19-6-2-7-20-42)47-37-52(59-56(38-47)62-55-36-33-43-21-10-13-26-49(43)58(55)59)50-28-16-30-54-57(50)51-27-14-15-29-53(51)61(54)46-23-8-3-9-24-46/h1-38H,39H2. The first-order valence-electron chi connectivity index (χ1n) is 21.3. The highest BCUT2D eigenvalue weighted by Crippen LogP contribution is 2.47. The van der Waals surface area contributed by atoms with E-state index in [9.17, 15) is 0 Å². The maximum atomic E-state index is 7.01. The monoisotopic (exact) mass is 792 g/mol. The van der Waals surface area contributed by atoms with Crippen LogP contribution in [0.25, 0.3) is 93.6 Å². The van der Waals surface area contributed by atoms with Gasteiger partial charge in [0.25, 0.3) is 0 Å². The van der Waals surface area contributed by atoms with E-state index in [4.69, 9.17) is 4.42 Å². The van der Waals surface area contributed by atoms with Crippen LogP contribution in [0.2, 0.25) is 0 Å². The number of fused-ring (bicyclic) bond motifs is 8. The van der Waals surface area contributed by atoms with Gasteiger partial charge in [-0.25, -0.2) is 0 Å². The van der Waals surface area contributed by atoms with Crippen LogP contribution >= 0.6 is 0 Å². The van der Waals surface area contributed by atoms with Crippen molar-refractivity contribution in [3.63, 3.8) is 0 Å². The Bertz CT molecular complexity index is 3590. The molecule has 0 fully saturated rings. The lowest BCUT2D eigenvalue weighted by molar-refractivity contribution is 0.669. The molecule has 0 atom stereocenters. The highest BCUT2D eigenvalue weighted by atomic mass is 16.3. The Hall–Kier alpha value is -8.14. The zero-order valence-electron chi connectivity index (χ0n) is 33.9. The predicted molar refractivity (Wildman–Crippen MR) is 261 cm³/mol. The molecule has 0 unspecified atom stereocenters. The van der Waals surface area contributed by atoms with Crippen LogP contribution < -0.4 is 4.90 Å². The second kappa shape index (κ2) is 14.8. The van der Waals surface area contributed by atoms with Crippen molar-refractivity contribution in [3.8, 4) is 39.1 Å². The second-order valence-corrected chi connectivity index (χ2v) is 16.0. The molecule has 0 saturated heterocycles. The second-order valence-electron chi connectivity index (χ2n) is 16.0. The van der Waals surface area contributed by atoms with Crippen LogP contribution in [-0.2, 0) is 6.54 Å². The summed E-state index contributed by atoms with van der Waals surface area (Å²) in [6.45, 7) is 0.640. The summed E-state index contributed by atoms with van der Waals surface area (Å²) < 4.78 is 9.41. The molecule has 0 bridgehead atoms. The molecule has 0 aliphatic carbocycles. The average molecular weight is 793 g/mol. The summed E-state index contributed by atoms with van der Waals surface area (Å²) in [7, 11) is 0. The fraction of sp³-hybridized carbons (Fsp3) is 0.0169. The Labute approximate surface area is 360 Å². The summed E-state index contributed by atoms with van der Waals surface area (Å²) >= 11 is 0. The largest absolute Gasteiger partial charge is 0.456 e. The lowest BCUT2D eigenvalue weighted by atomic mass is 9.93. The molecule has 292 valence electrons. The molecule has 3 heteroatoms. The number of anilines is 2. The van der Waals surface area contributed by atoms with E-state index in [0.717, 1.165) is 50.1 Å². The summed E-state index contributed by atoms with van der Waals surface area (Å²) in [6, 6.07) is 83.1. The number of furan rings is 1. The maximum Gasteiger partial charge on any atom is 0.138 e. The highest BCUT2D eigenvalue weighted by Gasteiger charge is 2.24. The minimum absolute atomic E-state index is 0.640. The number of para-hydroxylation sites is 2. The molecule has 62 heavy (non-hydrogen) atoms. The van der Waals surface area contributed by atoms with Crippen LogP contribution in [0.15, 0.2) is 235 Å². The summed E-state index contributed by atoms with van der Waals surface area (Å²) in [4.78, 5) is 2.46. The third kappa shape index (κ3) is 5.97. The third-order valence-corrected chi connectivity index (χ3v) is 12.5. The molecule has 12 rings (SSSR count). The highest BCUT2D eigenvalue weighted by molar-refractivity contribution is 6.26. The molecule has 0 saturated carbocycles. The Balaban J connectivity index is 1.15. The van der Waals surface area contributed by atoms with E-state index >= 15 is 0 Å². The van der Waals surface area contributed by atoms with E-state index in [1.54, 1.807) is 0 Å². The summed E-state index contributed by atoms with van der Waals surface area (Å²) in [5.41, 5.74) is 15.7.